The minimum atomic E-state index is 0. The van der Waals surface area contributed by atoms with Crippen molar-refractivity contribution >= 4 is 11.6 Å². The molecule has 0 fully saturated rings. The third kappa shape index (κ3) is 18.7. The Morgan fingerprint density at radius 1 is 1.43 bits per heavy atom. The predicted octanol–water partition coefficient (Wildman–Crippen LogP) is -1.16. The Morgan fingerprint density at radius 3 is 1.86 bits per heavy atom. The molecule has 0 aliphatic heterocycles. The largest absolute Gasteiger partial charge is 2.00 e. The van der Waals surface area contributed by atoms with E-state index in [-0.39, 0.29) is 36.5 Å². The summed E-state index contributed by atoms with van der Waals surface area (Å²) in [5.74, 6) is 0.753. The van der Waals surface area contributed by atoms with Crippen molar-refractivity contribution in [3.63, 3.8) is 0 Å². The number of halogens is 2. The molecule has 0 N–H and O–H groups in total. The Hall–Kier alpha value is 1.39. The van der Waals surface area contributed by atoms with Gasteiger partial charge in [0, 0.05) is 5.88 Å². The van der Waals surface area contributed by atoms with E-state index in [1.807, 2.05) is 0 Å². The van der Waals surface area contributed by atoms with Crippen LogP contribution in [0, 0.1) is 6.92 Å². The smallest absolute Gasteiger partial charge is 1.00 e. The van der Waals surface area contributed by atoms with E-state index in [0.29, 0.717) is 0 Å². The molecular formula is C4H8BrClZn. The summed E-state index contributed by atoms with van der Waals surface area (Å²) in [5.41, 5.74) is 0. The average molecular weight is 237 g/mol. The summed E-state index contributed by atoms with van der Waals surface area (Å²) in [7, 11) is 0. The van der Waals surface area contributed by atoms with E-state index < -0.39 is 0 Å². The summed E-state index contributed by atoms with van der Waals surface area (Å²) in [6.07, 6.45) is 2.01. The van der Waals surface area contributed by atoms with Crippen molar-refractivity contribution in [1.82, 2.24) is 0 Å². The molecule has 0 amide bonds. The van der Waals surface area contributed by atoms with Gasteiger partial charge in [0.1, 0.15) is 0 Å². The summed E-state index contributed by atoms with van der Waals surface area (Å²) in [4.78, 5) is 0. The fraction of sp³-hybridized carbons (Fsp3) is 0.750. The van der Waals surface area contributed by atoms with Crippen LogP contribution in [0.25, 0.3) is 0 Å². The Labute approximate surface area is 73.5 Å². The summed E-state index contributed by atoms with van der Waals surface area (Å²) in [5, 5.41) is 0. The third-order valence-corrected chi connectivity index (χ3v) is 0.651. The Bertz CT molecular complexity index is 19.2. The zero-order chi connectivity index (χ0) is 4.12. The topological polar surface area (TPSA) is 0 Å². The van der Waals surface area contributed by atoms with Gasteiger partial charge in [0.15, 0.2) is 0 Å². The molecule has 0 atom stereocenters. The van der Waals surface area contributed by atoms with Gasteiger partial charge in [0.25, 0.3) is 0 Å². The molecule has 0 saturated carbocycles. The van der Waals surface area contributed by atoms with Gasteiger partial charge in [-0.25, -0.2) is 0 Å². The SMILES string of the molecule is [Br-].[CH2-]CCCCl.[Zn+2]. The molecule has 0 heterocycles. The van der Waals surface area contributed by atoms with Gasteiger partial charge in [-0.15, -0.1) is 11.6 Å². The van der Waals surface area contributed by atoms with Crippen molar-refractivity contribution in [2.24, 2.45) is 0 Å². The zero-order valence-electron chi connectivity index (χ0n) is 4.29. The molecule has 0 aromatic carbocycles. The number of unbranched alkanes of at least 4 members (excludes halogenated alkanes) is 1. The molecular weight excluding hydrogens is 229 g/mol. The second-order valence-electron chi connectivity index (χ2n) is 0.896. The first-order valence-corrected chi connectivity index (χ1v) is 2.30. The van der Waals surface area contributed by atoms with Crippen molar-refractivity contribution in [3.05, 3.63) is 6.92 Å². The minimum Gasteiger partial charge on any atom is -1.00 e. The number of rotatable bonds is 2. The molecule has 3 heteroatoms. The van der Waals surface area contributed by atoms with Gasteiger partial charge in [-0.1, -0.05) is 6.42 Å². The van der Waals surface area contributed by atoms with E-state index in [9.17, 15) is 0 Å². The molecule has 0 aliphatic rings. The third-order valence-electron chi connectivity index (χ3n) is 0.384. The van der Waals surface area contributed by atoms with E-state index in [1.165, 1.54) is 0 Å². The maximum atomic E-state index is 5.26. The molecule has 40 valence electrons. The van der Waals surface area contributed by atoms with Crippen LogP contribution < -0.4 is 17.0 Å². The Kier molecular flexibility index (Phi) is 35.3. The van der Waals surface area contributed by atoms with Crippen LogP contribution in [0.4, 0.5) is 0 Å². The van der Waals surface area contributed by atoms with E-state index in [0.717, 1.165) is 18.7 Å². The van der Waals surface area contributed by atoms with Crippen LogP contribution in [0.1, 0.15) is 12.8 Å². The molecule has 7 heavy (non-hydrogen) atoms. The first-order valence-electron chi connectivity index (χ1n) is 1.77. The molecule has 0 saturated heterocycles. The fourth-order valence-electron chi connectivity index (χ4n) is 0.0945. The maximum absolute atomic E-state index is 5.26. The van der Waals surface area contributed by atoms with Crippen LogP contribution in [0.2, 0.25) is 0 Å². The molecule has 0 radical (unpaired) electrons. The van der Waals surface area contributed by atoms with E-state index in [1.54, 1.807) is 0 Å². The van der Waals surface area contributed by atoms with Gasteiger partial charge in [0.2, 0.25) is 0 Å². The quantitative estimate of drug-likeness (QED) is 0.323. The Balaban J connectivity index is -0.0000000800. The van der Waals surface area contributed by atoms with Crippen LogP contribution in [-0.4, -0.2) is 5.88 Å². The second kappa shape index (κ2) is 15.7. The monoisotopic (exact) mass is 234 g/mol. The van der Waals surface area contributed by atoms with Crippen LogP contribution in [0.3, 0.4) is 0 Å². The molecule has 0 aliphatic carbocycles. The predicted molar refractivity (Wildman–Crippen MR) is 25.3 cm³/mol. The van der Waals surface area contributed by atoms with E-state index in [4.69, 9.17) is 11.6 Å². The van der Waals surface area contributed by atoms with Gasteiger partial charge in [0.05, 0.1) is 0 Å². The van der Waals surface area contributed by atoms with E-state index in [2.05, 4.69) is 6.92 Å². The number of alkyl halides is 1. The van der Waals surface area contributed by atoms with Crippen molar-refractivity contribution < 1.29 is 36.5 Å². The fourth-order valence-corrected chi connectivity index (χ4v) is 0.283. The molecule has 0 aromatic rings. The summed E-state index contributed by atoms with van der Waals surface area (Å²) in [6.45, 7) is 3.59. The number of hydrogen-bond acceptors (Lipinski definition) is 0. The van der Waals surface area contributed by atoms with Crippen molar-refractivity contribution in [1.29, 1.82) is 0 Å². The van der Waals surface area contributed by atoms with Crippen molar-refractivity contribution in [2.45, 2.75) is 12.8 Å². The summed E-state index contributed by atoms with van der Waals surface area (Å²) in [6, 6.07) is 0. The van der Waals surface area contributed by atoms with Crippen LogP contribution in [-0.2, 0) is 19.5 Å². The first kappa shape index (κ1) is 15.8. The summed E-state index contributed by atoms with van der Waals surface area (Å²) < 4.78 is 0. The van der Waals surface area contributed by atoms with Gasteiger partial charge < -0.3 is 23.9 Å². The first-order chi connectivity index (χ1) is 2.41. The van der Waals surface area contributed by atoms with Crippen molar-refractivity contribution in [3.8, 4) is 0 Å². The molecule has 0 spiro atoms. The number of hydrogen-bond donors (Lipinski definition) is 0. The Morgan fingerprint density at radius 2 is 1.86 bits per heavy atom. The molecule has 0 nitrogen and oxygen atoms in total. The average Bonchev–Trinajstić information content (AvgIpc) is 1.41. The van der Waals surface area contributed by atoms with Gasteiger partial charge >= 0.3 is 19.5 Å². The normalized spacial score (nSPS) is 6.00. The molecule has 0 aromatic heterocycles. The zero-order valence-corrected chi connectivity index (χ0v) is 9.60. The maximum Gasteiger partial charge on any atom is 2.00 e. The molecule has 0 bridgehead atoms. The molecule has 0 unspecified atom stereocenters. The minimum absolute atomic E-state index is 0. The van der Waals surface area contributed by atoms with Gasteiger partial charge in [-0.05, 0) is 0 Å². The molecule has 0 rings (SSSR count). The van der Waals surface area contributed by atoms with Crippen LogP contribution in [0.5, 0.6) is 0 Å². The standard InChI is InChI=1S/C4H8Cl.BrH.Zn/c1-2-3-4-5;;/h1-4H2;1H;/q-1;;+2/p-1. The van der Waals surface area contributed by atoms with E-state index >= 15 is 0 Å². The van der Waals surface area contributed by atoms with Gasteiger partial charge in [-0.3, -0.25) is 0 Å². The van der Waals surface area contributed by atoms with Gasteiger partial charge in [-0.2, -0.15) is 6.42 Å². The second-order valence-corrected chi connectivity index (χ2v) is 1.27. The summed E-state index contributed by atoms with van der Waals surface area (Å²) >= 11 is 5.26. The van der Waals surface area contributed by atoms with Crippen LogP contribution in [0.15, 0.2) is 0 Å². The van der Waals surface area contributed by atoms with Crippen molar-refractivity contribution in [2.75, 3.05) is 5.88 Å². The van der Waals surface area contributed by atoms with Crippen LogP contribution >= 0.6 is 11.6 Å².